The molecule has 0 bridgehead atoms. The lowest BCUT2D eigenvalue weighted by Crippen LogP contribution is -2.31. The van der Waals surface area contributed by atoms with E-state index >= 15 is 0 Å². The van der Waals surface area contributed by atoms with Crippen LogP contribution in [0, 0.1) is 5.92 Å². The molecule has 0 radical (unpaired) electrons. The first kappa shape index (κ1) is 17.6. The predicted octanol–water partition coefficient (Wildman–Crippen LogP) is 3.46. The second-order valence-electron chi connectivity index (χ2n) is 4.63. The number of halogens is 2. The maximum Gasteiger partial charge on any atom is 0.695 e. The summed E-state index contributed by atoms with van der Waals surface area (Å²) in [5.74, 6) is -4.37. The summed E-state index contributed by atoms with van der Waals surface area (Å²) in [6.45, 7) is 3.10. The normalized spacial score (nSPS) is 12.9. The van der Waals surface area contributed by atoms with E-state index in [9.17, 15) is 18.1 Å². The Hall–Kier alpha value is -0.450. The minimum absolute atomic E-state index is 0.261. The molecule has 1 atom stereocenters. The Bertz CT molecular complexity index is 282. The van der Waals surface area contributed by atoms with Crippen LogP contribution in [0.3, 0.4) is 0 Å². The largest absolute Gasteiger partial charge is 0.695 e. The van der Waals surface area contributed by atoms with Crippen LogP contribution in [0.1, 0.15) is 46.0 Å². The average Bonchev–Trinajstić information content (AvgIpc) is 2.24. The molecule has 7 heteroatoms. The fourth-order valence-corrected chi connectivity index (χ4v) is 1.66. The molecular formula is C11H20F2O4P+. The third-order valence-corrected chi connectivity index (χ3v) is 2.84. The highest BCUT2D eigenvalue weighted by Gasteiger charge is 2.39. The van der Waals surface area contributed by atoms with Crippen molar-refractivity contribution in [3.05, 3.63) is 0 Å². The summed E-state index contributed by atoms with van der Waals surface area (Å²) in [4.78, 5) is 19.3. The fourth-order valence-electron chi connectivity index (χ4n) is 1.44. The molecule has 0 aromatic carbocycles. The highest BCUT2D eigenvalue weighted by Crippen LogP contribution is 2.25. The Labute approximate surface area is 107 Å². The minimum Gasteiger partial charge on any atom is -0.290 e. The first-order valence-corrected chi connectivity index (χ1v) is 7.09. The molecule has 0 aromatic heterocycles. The standard InChI is InChI=1S/C11H19F2O4P/c1-9(2)6-4-3-5-7-11(12,13)10(14)8-17-18(15)16/h9H,3-8H2,1-2H3/p+1. The van der Waals surface area contributed by atoms with E-state index in [0.717, 1.165) is 12.8 Å². The van der Waals surface area contributed by atoms with E-state index in [0.29, 0.717) is 12.3 Å². The first-order chi connectivity index (χ1) is 8.25. The van der Waals surface area contributed by atoms with Crippen LogP contribution >= 0.6 is 8.25 Å². The van der Waals surface area contributed by atoms with E-state index in [4.69, 9.17) is 4.89 Å². The zero-order chi connectivity index (χ0) is 14.2. The van der Waals surface area contributed by atoms with E-state index in [2.05, 4.69) is 18.4 Å². The number of unbranched alkanes of at least 4 members (excludes halogenated alkanes) is 2. The van der Waals surface area contributed by atoms with Gasteiger partial charge in [-0.25, -0.2) is 0 Å². The van der Waals surface area contributed by atoms with Gasteiger partial charge in [0.25, 0.3) is 0 Å². The maximum atomic E-state index is 13.2. The average molecular weight is 285 g/mol. The minimum atomic E-state index is -3.47. The van der Waals surface area contributed by atoms with E-state index in [-0.39, 0.29) is 6.42 Å². The molecule has 0 aliphatic carbocycles. The molecule has 1 N–H and O–H groups in total. The van der Waals surface area contributed by atoms with E-state index in [1.807, 2.05) is 0 Å². The summed E-state index contributed by atoms with van der Waals surface area (Å²) in [5, 5.41) is 0. The molecule has 18 heavy (non-hydrogen) atoms. The van der Waals surface area contributed by atoms with Crippen LogP contribution in [0.25, 0.3) is 0 Å². The SMILES string of the molecule is CC(C)CCCCCC(F)(F)C(=O)CO[P+](=O)O. The molecule has 0 aliphatic rings. The molecule has 0 saturated carbocycles. The Kier molecular flexibility index (Phi) is 8.40. The summed E-state index contributed by atoms with van der Waals surface area (Å²) < 4.78 is 40.6. The van der Waals surface area contributed by atoms with Gasteiger partial charge in [-0.1, -0.05) is 33.1 Å². The van der Waals surface area contributed by atoms with Crippen LogP contribution in [-0.2, 0) is 13.9 Å². The van der Waals surface area contributed by atoms with Crippen molar-refractivity contribution in [2.45, 2.75) is 51.9 Å². The second-order valence-corrected chi connectivity index (χ2v) is 5.37. The van der Waals surface area contributed by atoms with Crippen LogP contribution in [0.4, 0.5) is 8.78 Å². The molecule has 0 amide bonds. The van der Waals surface area contributed by atoms with Crippen LogP contribution in [0.5, 0.6) is 0 Å². The second kappa shape index (κ2) is 8.62. The van der Waals surface area contributed by atoms with Crippen LogP contribution < -0.4 is 0 Å². The van der Waals surface area contributed by atoms with Crippen molar-refractivity contribution < 1.29 is 27.6 Å². The number of hydrogen-bond acceptors (Lipinski definition) is 3. The Balaban J connectivity index is 3.84. The van der Waals surface area contributed by atoms with Crippen molar-refractivity contribution in [1.29, 1.82) is 0 Å². The van der Waals surface area contributed by atoms with Gasteiger partial charge >= 0.3 is 14.2 Å². The number of carbonyl (C=O) groups is 1. The highest BCUT2D eigenvalue weighted by atomic mass is 31.1. The smallest absolute Gasteiger partial charge is 0.290 e. The Morgan fingerprint density at radius 3 is 2.44 bits per heavy atom. The number of alkyl halides is 2. The van der Waals surface area contributed by atoms with Crippen molar-refractivity contribution in [3.8, 4) is 0 Å². The van der Waals surface area contributed by atoms with Gasteiger partial charge in [0.05, 0.1) is 0 Å². The lowest BCUT2D eigenvalue weighted by molar-refractivity contribution is -0.146. The van der Waals surface area contributed by atoms with Gasteiger partial charge in [-0.15, -0.1) is 9.42 Å². The van der Waals surface area contributed by atoms with Crippen LogP contribution in [0.15, 0.2) is 0 Å². The molecule has 0 aromatic rings. The molecule has 0 fully saturated rings. The summed E-state index contributed by atoms with van der Waals surface area (Å²) in [6, 6.07) is 0. The number of ketones is 1. The topological polar surface area (TPSA) is 63.6 Å². The molecule has 106 valence electrons. The van der Waals surface area contributed by atoms with Crippen molar-refractivity contribution in [1.82, 2.24) is 0 Å². The van der Waals surface area contributed by atoms with E-state index < -0.39 is 33.0 Å². The number of rotatable bonds is 10. The fraction of sp³-hybridized carbons (Fsp3) is 0.909. The quantitative estimate of drug-likeness (QED) is 0.493. The van der Waals surface area contributed by atoms with Gasteiger partial charge in [-0.05, 0) is 12.3 Å². The molecule has 4 nitrogen and oxygen atoms in total. The summed E-state index contributed by atoms with van der Waals surface area (Å²) in [5.41, 5.74) is 0. The Morgan fingerprint density at radius 1 is 1.33 bits per heavy atom. The number of hydrogen-bond donors (Lipinski definition) is 1. The van der Waals surface area contributed by atoms with Gasteiger partial charge in [-0.3, -0.25) is 4.79 Å². The molecule has 1 unspecified atom stereocenters. The van der Waals surface area contributed by atoms with Gasteiger partial charge in [0.1, 0.15) is 0 Å². The first-order valence-electron chi connectivity index (χ1n) is 5.96. The van der Waals surface area contributed by atoms with Gasteiger partial charge in [0.2, 0.25) is 5.78 Å². The zero-order valence-corrected chi connectivity index (χ0v) is 11.6. The molecule has 0 spiro atoms. The van der Waals surface area contributed by atoms with Gasteiger partial charge in [-0.2, -0.15) is 8.78 Å². The predicted molar refractivity (Wildman–Crippen MR) is 63.7 cm³/mol. The maximum absolute atomic E-state index is 13.2. The van der Waals surface area contributed by atoms with Crippen LogP contribution in [0.2, 0.25) is 0 Å². The molecular weight excluding hydrogens is 265 g/mol. The molecule has 0 heterocycles. The zero-order valence-electron chi connectivity index (χ0n) is 10.7. The lowest BCUT2D eigenvalue weighted by atomic mass is 10.0. The Morgan fingerprint density at radius 2 is 1.94 bits per heavy atom. The van der Waals surface area contributed by atoms with E-state index in [1.54, 1.807) is 0 Å². The van der Waals surface area contributed by atoms with Crippen LogP contribution in [-0.4, -0.2) is 23.2 Å². The number of carbonyl (C=O) groups excluding carboxylic acids is 1. The molecule has 0 saturated heterocycles. The highest BCUT2D eigenvalue weighted by molar-refractivity contribution is 7.32. The lowest BCUT2D eigenvalue weighted by Gasteiger charge is -2.13. The van der Waals surface area contributed by atoms with Gasteiger partial charge in [0.15, 0.2) is 6.61 Å². The van der Waals surface area contributed by atoms with Crippen molar-refractivity contribution in [2.24, 2.45) is 5.92 Å². The third kappa shape index (κ3) is 8.61. The van der Waals surface area contributed by atoms with Crippen molar-refractivity contribution in [2.75, 3.05) is 6.61 Å². The molecule has 0 rings (SSSR count). The summed E-state index contributed by atoms with van der Waals surface area (Å²) in [7, 11) is -3.01. The summed E-state index contributed by atoms with van der Waals surface area (Å²) in [6.07, 6.45) is 2.22. The number of Topliss-reactive ketones (excluding diaryl/α,β-unsaturated/α-hetero) is 1. The summed E-state index contributed by atoms with van der Waals surface area (Å²) >= 11 is 0. The van der Waals surface area contributed by atoms with Crippen molar-refractivity contribution in [3.63, 3.8) is 0 Å². The van der Waals surface area contributed by atoms with Crippen molar-refractivity contribution >= 4 is 14.0 Å². The third-order valence-electron chi connectivity index (χ3n) is 2.49. The van der Waals surface area contributed by atoms with Gasteiger partial charge in [0, 0.05) is 11.0 Å². The van der Waals surface area contributed by atoms with Gasteiger partial charge < -0.3 is 0 Å². The monoisotopic (exact) mass is 285 g/mol. The molecule has 0 aliphatic heterocycles. The van der Waals surface area contributed by atoms with E-state index in [1.165, 1.54) is 0 Å².